The van der Waals surface area contributed by atoms with Crippen LogP contribution in [0.25, 0.3) is 0 Å². The first-order chi connectivity index (χ1) is 14.6. The molecule has 2 heterocycles. The van der Waals surface area contributed by atoms with Gasteiger partial charge in [-0.3, -0.25) is 4.90 Å². The summed E-state index contributed by atoms with van der Waals surface area (Å²) in [4.78, 5) is 1.86. The molecule has 31 heavy (non-hydrogen) atoms. The van der Waals surface area contributed by atoms with E-state index < -0.39 is 42.5 Å². The van der Waals surface area contributed by atoms with Crippen LogP contribution in [0.4, 0.5) is 4.39 Å². The fourth-order valence-electron chi connectivity index (χ4n) is 4.42. The molecule has 2 aliphatic rings. The predicted octanol–water partition coefficient (Wildman–Crippen LogP) is 1.84. The second-order valence-electron chi connectivity index (χ2n) is 7.88. The molecule has 1 fully saturated rings. The Labute approximate surface area is 181 Å². The highest BCUT2D eigenvalue weighted by Crippen LogP contribution is 2.36. The van der Waals surface area contributed by atoms with Gasteiger partial charge in [0.05, 0.1) is 35.9 Å². The molecule has 168 valence electrons. The first-order valence-corrected chi connectivity index (χ1v) is 13.2. The number of fused-ring (bicyclic) bond motifs is 1. The van der Waals surface area contributed by atoms with Crippen LogP contribution in [0, 0.1) is 5.82 Å². The van der Waals surface area contributed by atoms with Crippen LogP contribution >= 0.6 is 0 Å². The topological polar surface area (TPSA) is 90.0 Å². The minimum atomic E-state index is -3.96. The number of benzene rings is 2. The van der Waals surface area contributed by atoms with Gasteiger partial charge in [0.25, 0.3) is 0 Å². The Kier molecular flexibility index (Phi) is 5.74. The largest absolute Gasteiger partial charge is 0.493 e. The van der Waals surface area contributed by atoms with Gasteiger partial charge in [0.2, 0.25) is 0 Å². The molecule has 1 saturated heterocycles. The van der Waals surface area contributed by atoms with Crippen molar-refractivity contribution < 1.29 is 30.7 Å². The Balaban J connectivity index is 1.67. The van der Waals surface area contributed by atoms with Gasteiger partial charge in [-0.2, -0.15) is 0 Å². The molecule has 2 aliphatic heterocycles. The molecule has 0 N–H and O–H groups in total. The molecule has 4 rings (SSSR count). The monoisotopic (exact) mass is 469 g/mol. The lowest BCUT2D eigenvalue weighted by Crippen LogP contribution is -2.48. The number of methoxy groups -OCH3 is 2. The molecule has 0 unspecified atom stereocenters. The highest BCUT2D eigenvalue weighted by atomic mass is 32.2. The molecule has 10 heteroatoms. The van der Waals surface area contributed by atoms with Crippen molar-refractivity contribution in [1.29, 1.82) is 0 Å². The summed E-state index contributed by atoms with van der Waals surface area (Å²) in [5.74, 6) is -0.0213. The molecule has 0 radical (unpaired) electrons. The lowest BCUT2D eigenvalue weighted by molar-refractivity contribution is 0.195. The van der Waals surface area contributed by atoms with Crippen LogP contribution in [0.2, 0.25) is 0 Å². The van der Waals surface area contributed by atoms with Crippen molar-refractivity contribution in [2.24, 2.45) is 0 Å². The Morgan fingerprint density at radius 1 is 1.00 bits per heavy atom. The third-order valence-electron chi connectivity index (χ3n) is 6.03. The summed E-state index contributed by atoms with van der Waals surface area (Å²) in [6.45, 7) is 0.934. The summed E-state index contributed by atoms with van der Waals surface area (Å²) < 4.78 is 75.5. The number of nitrogens with zero attached hydrogens (tertiary/aromatic N) is 1. The molecular weight excluding hydrogens is 445 g/mol. The van der Waals surface area contributed by atoms with E-state index in [1.807, 2.05) is 17.0 Å². The Bertz CT molecular complexity index is 1200. The van der Waals surface area contributed by atoms with E-state index >= 15 is 0 Å². The van der Waals surface area contributed by atoms with Crippen molar-refractivity contribution in [3.63, 3.8) is 0 Å². The van der Waals surface area contributed by atoms with Crippen molar-refractivity contribution in [1.82, 2.24) is 4.90 Å². The standard InChI is InChI=1S/C21H24FNO6S2/c1-28-19-9-14-7-8-23(11-15(14)10-20(19)29-2)18-12-30(24,25)13-21(18)31(26,27)17-5-3-16(22)4-6-17/h3-6,9-10,18,21H,7-8,11-13H2,1-2H3/t18-,21-/m0/s1. The molecule has 0 aromatic heterocycles. The van der Waals surface area contributed by atoms with Crippen molar-refractivity contribution in [3.05, 3.63) is 53.3 Å². The molecule has 2 aromatic carbocycles. The normalized spacial score (nSPS) is 23.3. The van der Waals surface area contributed by atoms with Gasteiger partial charge in [0, 0.05) is 19.1 Å². The number of halogens is 1. The SMILES string of the molecule is COc1cc2c(cc1OC)CN([C@H]1CS(=O)(=O)C[C@@H]1S(=O)(=O)c1ccc(F)cc1)CC2. The highest BCUT2D eigenvalue weighted by molar-refractivity contribution is 7.96. The molecule has 2 aromatic rings. The van der Waals surface area contributed by atoms with Crippen molar-refractivity contribution in [3.8, 4) is 11.5 Å². The van der Waals surface area contributed by atoms with Crippen molar-refractivity contribution in [2.75, 3.05) is 32.3 Å². The van der Waals surface area contributed by atoms with Crippen LogP contribution in [0.1, 0.15) is 11.1 Å². The minimum Gasteiger partial charge on any atom is -0.493 e. The molecule has 2 atom stereocenters. The van der Waals surface area contributed by atoms with Crippen molar-refractivity contribution >= 4 is 19.7 Å². The Morgan fingerprint density at radius 2 is 1.61 bits per heavy atom. The van der Waals surface area contributed by atoms with E-state index in [1.165, 1.54) is 12.1 Å². The third-order valence-corrected chi connectivity index (χ3v) is 10.2. The summed E-state index contributed by atoms with van der Waals surface area (Å²) in [7, 11) is -4.39. The van der Waals surface area contributed by atoms with E-state index in [1.54, 1.807) is 14.2 Å². The smallest absolute Gasteiger partial charge is 0.183 e. The number of ether oxygens (including phenoxy) is 2. The van der Waals surface area contributed by atoms with E-state index in [-0.39, 0.29) is 10.6 Å². The van der Waals surface area contributed by atoms with Gasteiger partial charge in [-0.15, -0.1) is 0 Å². The predicted molar refractivity (Wildman–Crippen MR) is 113 cm³/mol. The number of rotatable bonds is 5. The van der Waals surface area contributed by atoms with Gasteiger partial charge in [0.15, 0.2) is 31.2 Å². The van der Waals surface area contributed by atoms with E-state index in [4.69, 9.17) is 9.47 Å². The zero-order valence-electron chi connectivity index (χ0n) is 17.2. The van der Waals surface area contributed by atoms with Crippen LogP contribution in [0.5, 0.6) is 11.5 Å². The fraction of sp³-hybridized carbons (Fsp3) is 0.429. The third kappa shape index (κ3) is 4.16. The molecular formula is C21H24FNO6S2. The van der Waals surface area contributed by atoms with Crippen LogP contribution < -0.4 is 9.47 Å². The lowest BCUT2D eigenvalue weighted by Gasteiger charge is -2.36. The Morgan fingerprint density at radius 3 is 2.23 bits per heavy atom. The fourth-order valence-corrected chi connectivity index (χ4v) is 9.25. The summed E-state index contributed by atoms with van der Waals surface area (Å²) in [6.07, 6.45) is 0.634. The summed E-state index contributed by atoms with van der Waals surface area (Å²) in [6, 6.07) is 7.60. The zero-order chi connectivity index (χ0) is 22.4. The van der Waals surface area contributed by atoms with Crippen LogP contribution in [0.15, 0.2) is 41.3 Å². The maximum atomic E-state index is 13.3. The van der Waals surface area contributed by atoms with Crippen LogP contribution in [-0.4, -0.2) is 65.3 Å². The molecule has 0 saturated carbocycles. The molecule has 7 nitrogen and oxygen atoms in total. The van der Waals surface area contributed by atoms with Gasteiger partial charge in [0.1, 0.15) is 5.82 Å². The maximum absolute atomic E-state index is 13.3. The molecule has 0 amide bonds. The first kappa shape index (κ1) is 22.0. The van der Waals surface area contributed by atoms with Gasteiger partial charge >= 0.3 is 0 Å². The van der Waals surface area contributed by atoms with E-state index in [0.717, 1.165) is 23.3 Å². The van der Waals surface area contributed by atoms with E-state index in [0.29, 0.717) is 31.0 Å². The summed E-state index contributed by atoms with van der Waals surface area (Å²) in [5.41, 5.74) is 2.01. The molecule has 0 aliphatic carbocycles. The number of hydrogen-bond acceptors (Lipinski definition) is 7. The van der Waals surface area contributed by atoms with Gasteiger partial charge < -0.3 is 9.47 Å². The Hall–Kier alpha value is -2.17. The number of sulfone groups is 2. The average molecular weight is 470 g/mol. The lowest BCUT2D eigenvalue weighted by atomic mass is 9.97. The summed E-state index contributed by atoms with van der Waals surface area (Å²) in [5, 5.41) is -1.11. The minimum absolute atomic E-state index is 0.0650. The highest BCUT2D eigenvalue weighted by Gasteiger charge is 2.48. The second kappa shape index (κ2) is 8.07. The van der Waals surface area contributed by atoms with Crippen molar-refractivity contribution in [2.45, 2.75) is 29.2 Å². The van der Waals surface area contributed by atoms with E-state index in [2.05, 4.69) is 0 Å². The number of hydrogen-bond donors (Lipinski definition) is 0. The quantitative estimate of drug-likeness (QED) is 0.617. The van der Waals surface area contributed by atoms with Gasteiger partial charge in [-0.05, 0) is 53.9 Å². The van der Waals surface area contributed by atoms with Gasteiger partial charge in [-0.1, -0.05) is 0 Å². The maximum Gasteiger partial charge on any atom is 0.183 e. The van der Waals surface area contributed by atoms with Crippen LogP contribution in [0.3, 0.4) is 0 Å². The summed E-state index contributed by atoms with van der Waals surface area (Å²) >= 11 is 0. The first-order valence-electron chi connectivity index (χ1n) is 9.82. The average Bonchev–Trinajstić information content (AvgIpc) is 3.09. The molecule has 0 spiro atoms. The van der Waals surface area contributed by atoms with Crippen LogP contribution in [-0.2, 0) is 32.6 Å². The van der Waals surface area contributed by atoms with Gasteiger partial charge in [-0.25, -0.2) is 21.2 Å². The second-order valence-corrected chi connectivity index (χ2v) is 12.2. The van der Waals surface area contributed by atoms with E-state index in [9.17, 15) is 21.2 Å². The molecule has 0 bridgehead atoms. The zero-order valence-corrected chi connectivity index (χ0v) is 18.9.